The van der Waals surface area contributed by atoms with Gasteiger partial charge in [0, 0.05) is 16.7 Å². The van der Waals surface area contributed by atoms with Crippen molar-refractivity contribution in [1.29, 1.82) is 0 Å². The van der Waals surface area contributed by atoms with Crippen molar-refractivity contribution in [1.82, 2.24) is 4.98 Å². The van der Waals surface area contributed by atoms with Gasteiger partial charge in [-0.15, -0.1) is 0 Å². The van der Waals surface area contributed by atoms with Crippen LogP contribution in [0.1, 0.15) is 10.4 Å². The Bertz CT molecular complexity index is 645. The molecule has 1 aromatic carbocycles. The lowest BCUT2D eigenvalue weighted by Crippen LogP contribution is -1.94. The summed E-state index contributed by atoms with van der Waals surface area (Å²) in [6.07, 6.45) is 2.07. The van der Waals surface area contributed by atoms with E-state index in [9.17, 15) is 14.9 Å². The van der Waals surface area contributed by atoms with Crippen molar-refractivity contribution in [3.05, 3.63) is 56.7 Å². The molecule has 6 nitrogen and oxygen atoms in total. The average molecular weight is 323 g/mol. The van der Waals surface area contributed by atoms with Crippen LogP contribution in [0, 0.1) is 10.1 Å². The lowest BCUT2D eigenvalue weighted by atomic mass is 10.3. The van der Waals surface area contributed by atoms with Crippen molar-refractivity contribution >= 4 is 27.9 Å². The highest BCUT2D eigenvalue weighted by atomic mass is 79.9. The molecule has 0 saturated heterocycles. The molecule has 1 aromatic heterocycles. The molecule has 0 amide bonds. The maximum atomic E-state index is 10.8. The van der Waals surface area contributed by atoms with Crippen molar-refractivity contribution in [3.63, 3.8) is 0 Å². The van der Waals surface area contributed by atoms with Gasteiger partial charge in [-0.1, -0.05) is 15.9 Å². The van der Waals surface area contributed by atoms with Crippen LogP contribution in [-0.4, -0.2) is 16.2 Å². The van der Waals surface area contributed by atoms with E-state index in [1.807, 2.05) is 0 Å². The first-order valence-corrected chi connectivity index (χ1v) is 5.92. The van der Waals surface area contributed by atoms with E-state index in [1.165, 1.54) is 18.3 Å². The minimum Gasteiger partial charge on any atom is -0.438 e. The monoisotopic (exact) mass is 322 g/mol. The van der Waals surface area contributed by atoms with Gasteiger partial charge in [0.2, 0.25) is 5.88 Å². The van der Waals surface area contributed by atoms with E-state index in [4.69, 9.17) is 4.74 Å². The molecular weight excluding hydrogens is 316 g/mol. The average Bonchev–Trinajstić information content (AvgIpc) is 2.38. The number of pyridine rings is 1. The maximum absolute atomic E-state index is 10.8. The molecule has 0 bridgehead atoms. The van der Waals surface area contributed by atoms with E-state index < -0.39 is 4.92 Å². The molecular formula is C12H7BrN2O4. The summed E-state index contributed by atoms with van der Waals surface area (Å²) in [7, 11) is 0. The number of carbonyl (C=O) groups is 1. The molecule has 1 heterocycles. The second-order valence-corrected chi connectivity index (χ2v) is 4.44. The fourth-order valence-electron chi connectivity index (χ4n) is 1.40. The summed E-state index contributed by atoms with van der Waals surface area (Å²) in [5.74, 6) is 0.327. The van der Waals surface area contributed by atoms with Crippen molar-refractivity contribution in [2.24, 2.45) is 0 Å². The number of hydrogen-bond donors (Lipinski definition) is 0. The SMILES string of the molecule is O=Cc1cccnc1Oc1cc(Br)cc([N+](=O)[O-])c1. The quantitative estimate of drug-likeness (QED) is 0.489. The van der Waals surface area contributed by atoms with Crippen LogP contribution in [0.3, 0.4) is 0 Å². The van der Waals surface area contributed by atoms with E-state index in [-0.39, 0.29) is 22.9 Å². The highest BCUT2D eigenvalue weighted by Crippen LogP contribution is 2.29. The van der Waals surface area contributed by atoms with Gasteiger partial charge < -0.3 is 4.74 Å². The highest BCUT2D eigenvalue weighted by molar-refractivity contribution is 9.10. The number of nitro benzene ring substituents is 1. The number of non-ortho nitro benzene ring substituents is 1. The highest BCUT2D eigenvalue weighted by Gasteiger charge is 2.12. The van der Waals surface area contributed by atoms with E-state index in [2.05, 4.69) is 20.9 Å². The summed E-state index contributed by atoms with van der Waals surface area (Å²) in [5.41, 5.74) is 0.151. The molecule has 7 heteroatoms. The Kier molecular flexibility index (Phi) is 3.86. The van der Waals surface area contributed by atoms with Crippen LogP contribution in [0.5, 0.6) is 11.6 Å². The summed E-state index contributed by atoms with van der Waals surface area (Å²) >= 11 is 3.16. The standard InChI is InChI=1S/C12H7BrN2O4/c13-9-4-10(15(17)18)6-11(5-9)19-12-8(7-16)2-1-3-14-12/h1-7H. The molecule has 0 aliphatic rings. The summed E-state index contributed by atoms with van der Waals surface area (Å²) in [5, 5.41) is 10.7. The molecule has 2 aromatic rings. The molecule has 19 heavy (non-hydrogen) atoms. The molecule has 96 valence electrons. The number of benzene rings is 1. The van der Waals surface area contributed by atoms with Crippen LogP contribution in [0.25, 0.3) is 0 Å². The third kappa shape index (κ3) is 3.14. The Morgan fingerprint density at radius 2 is 2.16 bits per heavy atom. The lowest BCUT2D eigenvalue weighted by Gasteiger charge is -2.06. The van der Waals surface area contributed by atoms with Gasteiger partial charge in [-0.3, -0.25) is 14.9 Å². The number of nitro groups is 1. The number of hydrogen-bond acceptors (Lipinski definition) is 5. The molecule has 0 N–H and O–H groups in total. The zero-order valence-electron chi connectivity index (χ0n) is 9.45. The first-order chi connectivity index (χ1) is 9.10. The topological polar surface area (TPSA) is 82.3 Å². The van der Waals surface area contributed by atoms with Gasteiger partial charge in [0.1, 0.15) is 5.75 Å². The smallest absolute Gasteiger partial charge is 0.274 e. The second-order valence-electron chi connectivity index (χ2n) is 3.52. The Balaban J connectivity index is 2.38. The van der Waals surface area contributed by atoms with Gasteiger partial charge in [0.15, 0.2) is 6.29 Å². The number of ether oxygens (including phenoxy) is 1. The molecule has 0 spiro atoms. The third-order valence-corrected chi connectivity index (χ3v) is 2.67. The van der Waals surface area contributed by atoms with Crippen molar-refractivity contribution in [2.75, 3.05) is 0 Å². The number of carbonyl (C=O) groups excluding carboxylic acids is 1. The summed E-state index contributed by atoms with van der Waals surface area (Å²) < 4.78 is 5.90. The number of halogens is 1. The second kappa shape index (κ2) is 5.57. The normalized spacial score (nSPS) is 9.95. The Morgan fingerprint density at radius 3 is 2.84 bits per heavy atom. The molecule has 0 aliphatic heterocycles. The van der Waals surface area contributed by atoms with Gasteiger partial charge in [-0.2, -0.15) is 0 Å². The molecule has 2 rings (SSSR count). The van der Waals surface area contributed by atoms with Gasteiger partial charge >= 0.3 is 0 Å². The molecule has 0 atom stereocenters. The fraction of sp³-hybridized carbons (Fsp3) is 0. The van der Waals surface area contributed by atoms with E-state index >= 15 is 0 Å². The molecule has 0 radical (unpaired) electrons. The van der Waals surface area contributed by atoms with E-state index in [0.29, 0.717) is 10.8 Å². The summed E-state index contributed by atoms with van der Waals surface area (Å²) in [4.78, 5) is 24.9. The summed E-state index contributed by atoms with van der Waals surface area (Å²) in [6.45, 7) is 0. The van der Waals surface area contributed by atoms with Crippen molar-refractivity contribution in [2.45, 2.75) is 0 Å². The van der Waals surface area contributed by atoms with E-state index in [1.54, 1.807) is 18.2 Å². The number of aldehydes is 1. The van der Waals surface area contributed by atoms with Gasteiger partial charge in [-0.05, 0) is 18.2 Å². The molecule has 0 saturated carbocycles. The number of rotatable bonds is 4. The van der Waals surface area contributed by atoms with Crippen molar-refractivity contribution < 1.29 is 14.5 Å². The van der Waals surface area contributed by atoms with Crippen LogP contribution >= 0.6 is 15.9 Å². The number of aromatic nitrogens is 1. The molecule has 0 unspecified atom stereocenters. The Hall–Kier alpha value is -2.28. The minimum absolute atomic E-state index is 0.102. The molecule has 0 fully saturated rings. The zero-order chi connectivity index (χ0) is 13.8. The first-order valence-electron chi connectivity index (χ1n) is 5.13. The van der Waals surface area contributed by atoms with Gasteiger partial charge in [-0.25, -0.2) is 4.98 Å². The molecule has 0 aliphatic carbocycles. The van der Waals surface area contributed by atoms with Crippen molar-refractivity contribution in [3.8, 4) is 11.6 Å². The largest absolute Gasteiger partial charge is 0.438 e. The van der Waals surface area contributed by atoms with E-state index in [0.717, 1.165) is 0 Å². The van der Waals surface area contributed by atoms with Crippen LogP contribution in [0.4, 0.5) is 5.69 Å². The predicted molar refractivity (Wildman–Crippen MR) is 70.5 cm³/mol. The number of nitrogens with zero attached hydrogens (tertiary/aromatic N) is 2. The summed E-state index contributed by atoms with van der Waals surface area (Å²) in [6, 6.07) is 7.30. The minimum atomic E-state index is -0.531. The van der Waals surface area contributed by atoms with Crippen LogP contribution in [0.15, 0.2) is 41.0 Å². The predicted octanol–water partition coefficient (Wildman–Crippen LogP) is 3.36. The lowest BCUT2D eigenvalue weighted by molar-refractivity contribution is -0.385. The Morgan fingerprint density at radius 1 is 1.37 bits per heavy atom. The fourth-order valence-corrected chi connectivity index (χ4v) is 1.86. The zero-order valence-corrected chi connectivity index (χ0v) is 11.0. The maximum Gasteiger partial charge on any atom is 0.274 e. The van der Waals surface area contributed by atoms with Gasteiger partial charge in [0.25, 0.3) is 5.69 Å². The third-order valence-electron chi connectivity index (χ3n) is 2.21. The first kappa shape index (κ1) is 13.2. The van der Waals surface area contributed by atoms with Gasteiger partial charge in [0.05, 0.1) is 16.6 Å². The Labute approximate surface area is 116 Å². The van der Waals surface area contributed by atoms with Crippen LogP contribution in [0.2, 0.25) is 0 Å². The van der Waals surface area contributed by atoms with Crippen LogP contribution in [-0.2, 0) is 0 Å². The van der Waals surface area contributed by atoms with Crippen LogP contribution < -0.4 is 4.74 Å².